The van der Waals surface area contributed by atoms with Crippen molar-refractivity contribution in [3.05, 3.63) is 76.0 Å². The fourth-order valence-electron chi connectivity index (χ4n) is 4.10. The van der Waals surface area contributed by atoms with Crippen LogP contribution in [0.2, 0.25) is 5.02 Å². The summed E-state index contributed by atoms with van der Waals surface area (Å²) in [6, 6.07) is 12.3. The molecule has 3 heterocycles. The Morgan fingerprint density at radius 3 is 2.91 bits per heavy atom. The topological polar surface area (TPSA) is 106 Å². The molecule has 32 heavy (non-hydrogen) atoms. The molecule has 2 amide bonds. The minimum atomic E-state index is -0.117. The number of aromatic amines is 1. The number of halogens is 1. The molecule has 2 aliphatic rings. The van der Waals surface area contributed by atoms with Gasteiger partial charge in [-0.05, 0) is 53.6 Å². The molecular formula is C23H17ClN6O2. The van der Waals surface area contributed by atoms with E-state index < -0.39 is 0 Å². The molecule has 0 aliphatic carbocycles. The normalized spacial score (nSPS) is 17.6. The van der Waals surface area contributed by atoms with Gasteiger partial charge < -0.3 is 9.80 Å². The predicted octanol–water partition coefficient (Wildman–Crippen LogP) is 2.99. The van der Waals surface area contributed by atoms with Crippen molar-refractivity contribution < 1.29 is 9.59 Å². The Bertz CT molecular complexity index is 1350. The van der Waals surface area contributed by atoms with E-state index in [0.717, 1.165) is 11.1 Å². The van der Waals surface area contributed by atoms with Gasteiger partial charge in [0.25, 0.3) is 5.91 Å². The number of hydrogen-bond donors (Lipinski definition) is 1. The highest BCUT2D eigenvalue weighted by molar-refractivity contribution is 6.30. The van der Waals surface area contributed by atoms with Crippen LogP contribution in [0, 0.1) is 17.2 Å². The van der Waals surface area contributed by atoms with Gasteiger partial charge in [-0.2, -0.15) is 5.26 Å². The quantitative estimate of drug-likeness (QED) is 0.625. The summed E-state index contributed by atoms with van der Waals surface area (Å²) < 4.78 is 0. The van der Waals surface area contributed by atoms with Gasteiger partial charge in [-0.1, -0.05) is 16.8 Å². The Morgan fingerprint density at radius 2 is 2.09 bits per heavy atom. The summed E-state index contributed by atoms with van der Waals surface area (Å²) in [5.74, 6) is -0.0830. The van der Waals surface area contributed by atoms with E-state index in [4.69, 9.17) is 16.9 Å². The number of H-pyrrole nitrogens is 1. The zero-order chi connectivity index (χ0) is 22.2. The van der Waals surface area contributed by atoms with Crippen LogP contribution in [-0.4, -0.2) is 56.7 Å². The summed E-state index contributed by atoms with van der Waals surface area (Å²) >= 11 is 6.01. The number of hydrogen-bond acceptors (Lipinski definition) is 5. The number of aromatic nitrogens is 3. The monoisotopic (exact) mass is 444 g/mol. The molecule has 0 unspecified atom stereocenters. The lowest BCUT2D eigenvalue weighted by Crippen LogP contribution is -2.32. The van der Waals surface area contributed by atoms with Gasteiger partial charge in [-0.3, -0.25) is 14.7 Å². The molecule has 158 valence electrons. The first-order valence-corrected chi connectivity index (χ1v) is 10.4. The lowest BCUT2D eigenvalue weighted by molar-refractivity contribution is -0.125. The molecule has 5 rings (SSSR count). The minimum Gasteiger partial charge on any atom is -0.334 e. The van der Waals surface area contributed by atoms with Gasteiger partial charge in [0.1, 0.15) is 5.52 Å². The van der Waals surface area contributed by atoms with Crippen molar-refractivity contribution in [2.45, 2.75) is 0 Å². The molecule has 2 aliphatic heterocycles. The third-order valence-electron chi connectivity index (χ3n) is 5.69. The molecule has 1 saturated heterocycles. The number of benzene rings is 2. The van der Waals surface area contributed by atoms with E-state index in [0.29, 0.717) is 46.9 Å². The molecule has 1 N–H and O–H groups in total. The number of nitrogens with zero attached hydrogens (tertiary/aromatic N) is 5. The third-order valence-corrected chi connectivity index (χ3v) is 5.91. The zero-order valence-corrected chi connectivity index (χ0v) is 17.6. The molecule has 2 aromatic carbocycles. The van der Waals surface area contributed by atoms with E-state index in [9.17, 15) is 9.59 Å². The molecule has 1 aromatic heterocycles. The van der Waals surface area contributed by atoms with Crippen molar-refractivity contribution in [2.75, 3.05) is 19.6 Å². The average Bonchev–Trinajstić information content (AvgIpc) is 3.50. The number of likely N-dealkylation sites (tertiary alicyclic amines) is 1. The first kappa shape index (κ1) is 20.0. The highest BCUT2D eigenvalue weighted by Crippen LogP contribution is 2.31. The van der Waals surface area contributed by atoms with Crippen LogP contribution in [0.3, 0.4) is 0 Å². The Morgan fingerprint density at radius 1 is 1.22 bits per heavy atom. The van der Waals surface area contributed by atoms with Crippen LogP contribution in [0.4, 0.5) is 0 Å². The van der Waals surface area contributed by atoms with Gasteiger partial charge >= 0.3 is 0 Å². The first-order chi connectivity index (χ1) is 15.5. The Labute approximate surface area is 188 Å². The highest BCUT2D eigenvalue weighted by atomic mass is 35.5. The number of rotatable bonds is 3. The van der Waals surface area contributed by atoms with E-state index in [1.165, 1.54) is 6.08 Å². The fourth-order valence-corrected chi connectivity index (χ4v) is 4.35. The maximum Gasteiger partial charge on any atom is 0.257 e. The van der Waals surface area contributed by atoms with E-state index in [-0.39, 0.29) is 17.7 Å². The molecule has 1 atom stereocenters. The van der Waals surface area contributed by atoms with Crippen LogP contribution in [0.1, 0.15) is 21.5 Å². The van der Waals surface area contributed by atoms with Gasteiger partial charge in [0, 0.05) is 48.4 Å². The molecule has 3 aromatic rings. The summed E-state index contributed by atoms with van der Waals surface area (Å²) in [6.45, 7) is 1.58. The van der Waals surface area contributed by atoms with Gasteiger partial charge in [-0.15, -0.1) is 5.10 Å². The number of nitriles is 1. The van der Waals surface area contributed by atoms with Gasteiger partial charge in [-0.25, -0.2) is 0 Å². The Kier molecular flexibility index (Phi) is 4.96. The lowest BCUT2D eigenvalue weighted by Gasteiger charge is -2.19. The highest BCUT2D eigenvalue weighted by Gasteiger charge is 2.36. The van der Waals surface area contributed by atoms with Crippen molar-refractivity contribution in [2.24, 2.45) is 5.92 Å². The summed E-state index contributed by atoms with van der Waals surface area (Å²) in [5, 5.41) is 20.0. The third kappa shape index (κ3) is 3.74. The number of carbonyl (C=O) groups excluding carboxylic acids is 2. The van der Waals surface area contributed by atoms with Crippen LogP contribution < -0.4 is 0 Å². The number of amides is 2. The van der Waals surface area contributed by atoms with E-state index in [2.05, 4.69) is 15.4 Å². The van der Waals surface area contributed by atoms with E-state index in [1.807, 2.05) is 12.3 Å². The standard InChI is InChI=1S/C23H17ClN6O2/c24-19-6-14(5-15(7-19)9-25)1-4-22(31)29-10-17-12-30(13-18(17)11-29)23(32)16-2-3-20-21(8-16)27-28-26-20/h1-8,12,18H,10-11,13H2,(H,26,27,28)/t18-/m1/s1. The SMILES string of the molecule is N#Cc1cc(Cl)cc(C=CC(=O)N2CC3=CN(C(=O)c4ccc5[nH]nnc5c4)C[C@H]3C2)c1. The Hall–Kier alpha value is -3.96. The van der Waals surface area contributed by atoms with E-state index >= 15 is 0 Å². The molecule has 9 heteroatoms. The van der Waals surface area contributed by atoms with Crippen molar-refractivity contribution in [1.82, 2.24) is 25.2 Å². The summed E-state index contributed by atoms with van der Waals surface area (Å²) in [5.41, 5.74) is 4.18. The fraction of sp³-hybridized carbons (Fsp3) is 0.174. The number of fused-ring (bicyclic) bond motifs is 2. The second-order valence-electron chi connectivity index (χ2n) is 7.84. The lowest BCUT2D eigenvalue weighted by atomic mass is 10.1. The summed E-state index contributed by atoms with van der Waals surface area (Å²) in [4.78, 5) is 29.0. The number of carbonyl (C=O) groups is 2. The second kappa shape index (κ2) is 7.94. The zero-order valence-electron chi connectivity index (χ0n) is 16.8. The predicted molar refractivity (Wildman–Crippen MR) is 118 cm³/mol. The van der Waals surface area contributed by atoms with Crippen LogP contribution >= 0.6 is 11.6 Å². The van der Waals surface area contributed by atoms with Crippen LogP contribution in [-0.2, 0) is 4.79 Å². The number of nitrogens with one attached hydrogen (secondary N) is 1. The summed E-state index contributed by atoms with van der Waals surface area (Å²) in [6.07, 6.45) is 5.00. The van der Waals surface area contributed by atoms with Gasteiger partial charge in [0.2, 0.25) is 5.91 Å². The molecule has 0 spiro atoms. The van der Waals surface area contributed by atoms with E-state index in [1.54, 1.807) is 52.3 Å². The van der Waals surface area contributed by atoms with Crippen LogP contribution in [0.15, 0.2) is 54.2 Å². The maximum atomic E-state index is 12.9. The smallest absolute Gasteiger partial charge is 0.257 e. The van der Waals surface area contributed by atoms with Gasteiger partial charge in [0.05, 0.1) is 17.1 Å². The maximum absolute atomic E-state index is 12.9. The molecule has 1 fully saturated rings. The molecule has 0 radical (unpaired) electrons. The second-order valence-corrected chi connectivity index (χ2v) is 8.28. The van der Waals surface area contributed by atoms with Crippen molar-refractivity contribution in [3.63, 3.8) is 0 Å². The van der Waals surface area contributed by atoms with Crippen molar-refractivity contribution in [1.29, 1.82) is 5.26 Å². The largest absolute Gasteiger partial charge is 0.334 e. The van der Waals surface area contributed by atoms with Crippen molar-refractivity contribution in [3.8, 4) is 6.07 Å². The Balaban J connectivity index is 1.25. The minimum absolute atomic E-state index is 0.0937. The van der Waals surface area contributed by atoms with Crippen LogP contribution in [0.5, 0.6) is 0 Å². The van der Waals surface area contributed by atoms with Crippen molar-refractivity contribution >= 4 is 40.5 Å². The van der Waals surface area contributed by atoms with Gasteiger partial charge in [0.15, 0.2) is 0 Å². The average molecular weight is 445 g/mol. The first-order valence-electron chi connectivity index (χ1n) is 10.0. The molecule has 0 bridgehead atoms. The summed E-state index contributed by atoms with van der Waals surface area (Å²) in [7, 11) is 0. The van der Waals surface area contributed by atoms with Crippen LogP contribution in [0.25, 0.3) is 17.1 Å². The molecular weight excluding hydrogens is 428 g/mol. The molecule has 0 saturated carbocycles. The molecule has 8 nitrogen and oxygen atoms in total.